The zero-order valence-corrected chi connectivity index (χ0v) is 29.2. The van der Waals surface area contributed by atoms with Gasteiger partial charge in [0, 0.05) is 61.9 Å². The molecule has 3 fully saturated rings. The summed E-state index contributed by atoms with van der Waals surface area (Å²) >= 11 is 0. The molecule has 3 aromatic carbocycles. The maximum absolute atomic E-state index is 13.3. The third-order valence-electron chi connectivity index (χ3n) is 10.8. The van der Waals surface area contributed by atoms with Crippen molar-refractivity contribution in [3.63, 3.8) is 0 Å². The van der Waals surface area contributed by atoms with Gasteiger partial charge in [-0.2, -0.15) is 15.2 Å². The molecule has 3 saturated heterocycles. The van der Waals surface area contributed by atoms with E-state index < -0.39 is 6.09 Å². The molecular weight excluding hydrogens is 642 g/mol. The van der Waals surface area contributed by atoms with Crippen LogP contribution in [0.15, 0.2) is 66.7 Å². The maximum atomic E-state index is 13.3. The first-order valence-electron chi connectivity index (χ1n) is 18.2. The summed E-state index contributed by atoms with van der Waals surface area (Å²) in [4.78, 5) is 32.2. The molecule has 5 heterocycles. The fourth-order valence-corrected chi connectivity index (χ4v) is 8.24. The second-order valence-corrected chi connectivity index (χ2v) is 14.1. The van der Waals surface area contributed by atoms with Gasteiger partial charge in [-0.3, -0.25) is 4.90 Å². The van der Waals surface area contributed by atoms with E-state index in [2.05, 4.69) is 64.1 Å². The average molecular weight is 688 g/mol. The first kappa shape index (κ1) is 33.2. The summed E-state index contributed by atoms with van der Waals surface area (Å²) < 4.78 is 17.8. The van der Waals surface area contributed by atoms with E-state index in [-0.39, 0.29) is 19.1 Å². The molecule has 2 bridgehead atoms. The number of amides is 1. The number of anilines is 2. The number of fused-ring (bicyclic) bond motifs is 4. The van der Waals surface area contributed by atoms with Crippen molar-refractivity contribution in [2.45, 2.75) is 63.9 Å². The summed E-state index contributed by atoms with van der Waals surface area (Å²) in [6.07, 6.45) is 2.97. The normalized spacial score (nSPS) is 21.5. The number of rotatable bonds is 10. The fourth-order valence-electron chi connectivity index (χ4n) is 8.24. The zero-order chi connectivity index (χ0) is 34.7. The monoisotopic (exact) mass is 687 g/mol. The second-order valence-electron chi connectivity index (χ2n) is 14.1. The average Bonchev–Trinajstić information content (AvgIpc) is 3.80. The molecule has 1 amide bonds. The smallest absolute Gasteiger partial charge is 0.410 e. The van der Waals surface area contributed by atoms with E-state index in [1.54, 1.807) is 4.90 Å². The number of aromatic nitrogens is 2. The lowest BCUT2D eigenvalue weighted by atomic mass is 9.99. The standard InChI is InChI=1S/C40H45N7O4/c1-28-8-5-11-30-12-6-13-36(37(28)30)45-18-15-34-35(25-45)42-39(49-21-7-17-44-24-33-22-32(44)27-50-33)43-38(34)46-19-20-47(31(23-46)14-16-41)40(48)51-26-29-9-3-2-4-10-29/h2-6,8-13,31-33H,7,14-15,17-27H2,1H3/t31-,32-,33-/m0/s1. The van der Waals surface area contributed by atoms with Crippen LogP contribution < -0.4 is 14.5 Å². The minimum atomic E-state index is -0.397. The molecule has 51 heavy (non-hydrogen) atoms. The molecule has 0 aliphatic carbocycles. The predicted molar refractivity (Wildman–Crippen MR) is 195 cm³/mol. The van der Waals surface area contributed by atoms with Crippen molar-refractivity contribution in [2.24, 2.45) is 0 Å². The lowest BCUT2D eigenvalue weighted by molar-refractivity contribution is 0.0287. The van der Waals surface area contributed by atoms with Crippen molar-refractivity contribution in [1.29, 1.82) is 5.26 Å². The highest BCUT2D eigenvalue weighted by Crippen LogP contribution is 2.36. The van der Waals surface area contributed by atoms with Crippen LogP contribution >= 0.6 is 0 Å². The van der Waals surface area contributed by atoms with Gasteiger partial charge in [-0.1, -0.05) is 60.7 Å². The lowest BCUT2D eigenvalue weighted by Crippen LogP contribution is -2.55. The van der Waals surface area contributed by atoms with Crippen LogP contribution in [0.25, 0.3) is 10.8 Å². The summed E-state index contributed by atoms with van der Waals surface area (Å²) in [6, 6.07) is 25.5. The number of benzene rings is 3. The number of nitrogens with zero attached hydrogens (tertiary/aromatic N) is 7. The van der Waals surface area contributed by atoms with Crippen LogP contribution in [0.2, 0.25) is 0 Å². The Labute approximate surface area is 299 Å². The van der Waals surface area contributed by atoms with Crippen molar-refractivity contribution in [2.75, 3.05) is 62.3 Å². The number of likely N-dealkylation sites (tertiary alicyclic amines) is 1. The van der Waals surface area contributed by atoms with Gasteiger partial charge in [0.25, 0.3) is 0 Å². The quantitative estimate of drug-likeness (QED) is 0.199. The van der Waals surface area contributed by atoms with Crippen molar-refractivity contribution in [3.05, 3.63) is 89.1 Å². The molecule has 0 N–H and O–H groups in total. The molecule has 8 rings (SSSR count). The lowest BCUT2D eigenvalue weighted by Gasteiger charge is -2.42. The fraction of sp³-hybridized carbons (Fsp3) is 0.450. The molecule has 1 aromatic heterocycles. The summed E-state index contributed by atoms with van der Waals surface area (Å²) in [6.45, 7) is 8.63. The first-order valence-corrected chi connectivity index (χ1v) is 18.2. The number of carbonyl (C=O) groups is 1. The van der Waals surface area contributed by atoms with Crippen LogP contribution in [0.5, 0.6) is 6.01 Å². The SMILES string of the molecule is Cc1cccc2cccc(N3CCc4c(nc(OCCCN5C[C@@H]6C[C@H]5CO6)nc4N4CCN(C(=O)OCc5ccccc5)[C@@H](CC#N)C4)C3)c12. The molecule has 11 nitrogen and oxygen atoms in total. The Morgan fingerprint density at radius 1 is 1.00 bits per heavy atom. The van der Waals surface area contributed by atoms with Gasteiger partial charge in [0.1, 0.15) is 12.4 Å². The van der Waals surface area contributed by atoms with Crippen LogP contribution in [0.3, 0.4) is 0 Å². The first-order chi connectivity index (χ1) is 25.0. The molecule has 4 aliphatic heterocycles. The Kier molecular flexibility index (Phi) is 9.61. The third-order valence-corrected chi connectivity index (χ3v) is 10.8. The van der Waals surface area contributed by atoms with Crippen molar-refractivity contribution >= 4 is 28.4 Å². The van der Waals surface area contributed by atoms with Gasteiger partial charge >= 0.3 is 12.1 Å². The van der Waals surface area contributed by atoms with Gasteiger partial charge < -0.3 is 28.9 Å². The Bertz CT molecular complexity index is 1910. The number of hydrogen-bond donors (Lipinski definition) is 0. The number of aryl methyl sites for hydroxylation is 1. The van der Waals surface area contributed by atoms with Gasteiger partial charge in [0.05, 0.1) is 50.1 Å². The maximum Gasteiger partial charge on any atom is 0.410 e. The number of ether oxygens (including phenoxy) is 3. The van der Waals surface area contributed by atoms with E-state index in [4.69, 9.17) is 24.2 Å². The van der Waals surface area contributed by atoms with E-state index in [0.717, 1.165) is 68.1 Å². The Balaban J connectivity index is 1.03. The van der Waals surface area contributed by atoms with Crippen LogP contribution in [0.1, 0.15) is 41.6 Å². The van der Waals surface area contributed by atoms with Gasteiger partial charge in [-0.25, -0.2) is 4.79 Å². The Morgan fingerprint density at radius 2 is 1.86 bits per heavy atom. The number of hydrogen-bond acceptors (Lipinski definition) is 10. The minimum absolute atomic E-state index is 0.193. The predicted octanol–water partition coefficient (Wildman–Crippen LogP) is 5.48. The number of nitriles is 1. The molecule has 0 unspecified atom stereocenters. The second kappa shape index (κ2) is 14.7. The molecule has 264 valence electrons. The summed E-state index contributed by atoms with van der Waals surface area (Å²) in [5, 5.41) is 12.3. The molecule has 0 saturated carbocycles. The Morgan fingerprint density at radius 3 is 2.67 bits per heavy atom. The summed E-state index contributed by atoms with van der Waals surface area (Å²) in [5.74, 6) is 0.845. The molecule has 11 heteroatoms. The van der Waals surface area contributed by atoms with Crippen molar-refractivity contribution < 1.29 is 19.0 Å². The molecule has 4 aliphatic rings. The van der Waals surface area contributed by atoms with Gasteiger partial charge in [0.2, 0.25) is 0 Å². The van der Waals surface area contributed by atoms with E-state index in [0.29, 0.717) is 50.9 Å². The van der Waals surface area contributed by atoms with Gasteiger partial charge in [-0.15, -0.1) is 0 Å². The Hall–Kier alpha value is -4.92. The highest BCUT2D eigenvalue weighted by atomic mass is 16.6. The van der Waals surface area contributed by atoms with E-state index >= 15 is 0 Å². The number of carbonyl (C=O) groups excluding carboxylic acids is 1. The van der Waals surface area contributed by atoms with Crippen LogP contribution in [-0.4, -0.2) is 96.5 Å². The molecule has 3 atom stereocenters. The van der Waals surface area contributed by atoms with Gasteiger partial charge in [-0.05, 0) is 48.8 Å². The van der Waals surface area contributed by atoms with E-state index in [9.17, 15) is 10.1 Å². The van der Waals surface area contributed by atoms with Gasteiger partial charge in [0.15, 0.2) is 0 Å². The van der Waals surface area contributed by atoms with E-state index in [1.165, 1.54) is 22.0 Å². The largest absolute Gasteiger partial charge is 0.463 e. The van der Waals surface area contributed by atoms with Crippen LogP contribution in [0, 0.1) is 18.3 Å². The highest BCUT2D eigenvalue weighted by molar-refractivity contribution is 5.97. The summed E-state index contributed by atoms with van der Waals surface area (Å²) in [7, 11) is 0. The zero-order valence-electron chi connectivity index (χ0n) is 29.2. The highest BCUT2D eigenvalue weighted by Gasteiger charge is 2.38. The molecular formula is C40H45N7O4. The number of piperazine rings is 1. The minimum Gasteiger partial charge on any atom is -0.463 e. The van der Waals surface area contributed by atoms with E-state index in [1.807, 2.05) is 30.3 Å². The van der Waals surface area contributed by atoms with Crippen molar-refractivity contribution in [3.8, 4) is 12.1 Å². The topological polar surface area (TPSA) is 107 Å². The molecule has 0 spiro atoms. The molecule has 4 aromatic rings. The number of morpholine rings is 1. The third kappa shape index (κ3) is 7.03. The molecule has 0 radical (unpaired) electrons. The van der Waals surface area contributed by atoms with Crippen LogP contribution in [0.4, 0.5) is 16.3 Å². The van der Waals surface area contributed by atoms with Crippen LogP contribution in [-0.2, 0) is 29.0 Å². The van der Waals surface area contributed by atoms with Crippen molar-refractivity contribution in [1.82, 2.24) is 19.8 Å². The summed E-state index contributed by atoms with van der Waals surface area (Å²) in [5.41, 5.74) is 5.46.